The van der Waals surface area contributed by atoms with Crippen LogP contribution < -0.4 is 10.9 Å². The van der Waals surface area contributed by atoms with Crippen molar-refractivity contribution in [3.8, 4) is 0 Å². The van der Waals surface area contributed by atoms with Gasteiger partial charge in [0.05, 0.1) is 23.8 Å². The number of hydrogen-bond donors (Lipinski definition) is 2. The van der Waals surface area contributed by atoms with E-state index in [0.29, 0.717) is 11.3 Å². The molecule has 6 heteroatoms. The summed E-state index contributed by atoms with van der Waals surface area (Å²) in [4.78, 5) is 15.5. The third kappa shape index (κ3) is 4.44. The lowest BCUT2D eigenvalue weighted by Crippen LogP contribution is -2.36. The van der Waals surface area contributed by atoms with Gasteiger partial charge in [0.1, 0.15) is 0 Å². The Morgan fingerprint density at radius 3 is 2.58 bits per heavy atom. The number of hydrazine groups is 1. The molecule has 0 bridgehead atoms. The maximum absolute atomic E-state index is 12.2. The Kier molecular flexibility index (Phi) is 5.63. The average molecular weight is 343 g/mol. The van der Waals surface area contributed by atoms with Crippen molar-refractivity contribution in [3.05, 3.63) is 64.4 Å². The monoisotopic (exact) mass is 343 g/mol. The van der Waals surface area contributed by atoms with E-state index < -0.39 is 0 Å². The number of benzene rings is 1. The summed E-state index contributed by atoms with van der Waals surface area (Å²) in [6, 6.07) is 11.6. The lowest BCUT2D eigenvalue weighted by Gasteiger charge is -2.26. The van der Waals surface area contributed by atoms with Crippen molar-refractivity contribution >= 4 is 22.9 Å². The smallest absolute Gasteiger partial charge is 0.269 e. The number of carbonyl (C=O) groups is 1. The molecule has 24 heavy (non-hydrogen) atoms. The molecular weight excluding hydrogens is 322 g/mol. The first-order valence-corrected chi connectivity index (χ1v) is 8.78. The topological polar surface area (TPSA) is 53.6 Å². The van der Waals surface area contributed by atoms with Crippen molar-refractivity contribution in [1.82, 2.24) is 15.8 Å². The third-order valence-electron chi connectivity index (χ3n) is 3.87. The second-order valence-electron chi connectivity index (χ2n) is 5.62. The quantitative estimate of drug-likeness (QED) is 0.791. The first-order chi connectivity index (χ1) is 11.7. The first-order valence-electron chi connectivity index (χ1n) is 7.90. The average Bonchev–Trinajstić information content (AvgIpc) is 3.16. The standard InChI is InChI=1S/C18H21N3O2S/c1-14(17-3-2-12-24-17)19-20-18(22)16-6-4-15(5-7-16)13-21-8-10-23-11-9-21/h2-7,12,19H,1,8-11,13H2,(H,20,22). The zero-order valence-corrected chi connectivity index (χ0v) is 14.3. The lowest BCUT2D eigenvalue weighted by atomic mass is 10.1. The van der Waals surface area contributed by atoms with Crippen LogP contribution in [0, 0.1) is 0 Å². The predicted octanol–water partition coefficient (Wildman–Crippen LogP) is 2.49. The Labute approximate surface area is 145 Å². The summed E-state index contributed by atoms with van der Waals surface area (Å²) < 4.78 is 5.35. The zero-order chi connectivity index (χ0) is 16.8. The Hall–Kier alpha value is -2.15. The van der Waals surface area contributed by atoms with Crippen molar-refractivity contribution < 1.29 is 9.53 Å². The van der Waals surface area contributed by atoms with E-state index in [1.54, 1.807) is 11.3 Å². The molecule has 0 unspecified atom stereocenters. The normalized spacial score (nSPS) is 15.0. The molecule has 1 aliphatic rings. The molecule has 2 N–H and O–H groups in total. The Morgan fingerprint density at radius 1 is 1.17 bits per heavy atom. The molecule has 5 nitrogen and oxygen atoms in total. The van der Waals surface area contributed by atoms with Gasteiger partial charge in [-0.2, -0.15) is 0 Å². The van der Waals surface area contributed by atoms with Gasteiger partial charge in [-0.05, 0) is 29.1 Å². The van der Waals surface area contributed by atoms with Crippen molar-refractivity contribution in [3.63, 3.8) is 0 Å². The van der Waals surface area contributed by atoms with Crippen LogP contribution in [0.4, 0.5) is 0 Å². The number of ether oxygens (including phenoxy) is 1. The van der Waals surface area contributed by atoms with Crippen molar-refractivity contribution in [2.45, 2.75) is 6.54 Å². The fraction of sp³-hybridized carbons (Fsp3) is 0.278. The van der Waals surface area contributed by atoms with E-state index in [4.69, 9.17) is 4.74 Å². The van der Waals surface area contributed by atoms with Gasteiger partial charge < -0.3 is 4.74 Å². The van der Waals surface area contributed by atoms with E-state index in [1.807, 2.05) is 41.8 Å². The highest BCUT2D eigenvalue weighted by molar-refractivity contribution is 7.11. The second kappa shape index (κ2) is 8.10. The number of amides is 1. The largest absolute Gasteiger partial charge is 0.379 e. The molecule has 1 saturated heterocycles. The molecule has 3 rings (SSSR count). The van der Waals surface area contributed by atoms with Gasteiger partial charge in [0, 0.05) is 25.2 Å². The fourth-order valence-corrected chi connectivity index (χ4v) is 3.15. The minimum atomic E-state index is -0.175. The number of nitrogens with one attached hydrogen (secondary N) is 2. The van der Waals surface area contributed by atoms with Crippen LogP contribution in [-0.2, 0) is 11.3 Å². The molecule has 0 atom stereocenters. The summed E-state index contributed by atoms with van der Waals surface area (Å²) >= 11 is 1.57. The lowest BCUT2D eigenvalue weighted by molar-refractivity contribution is 0.0342. The van der Waals surface area contributed by atoms with E-state index in [-0.39, 0.29) is 5.91 Å². The third-order valence-corrected chi connectivity index (χ3v) is 4.80. The Balaban J connectivity index is 1.50. The highest BCUT2D eigenvalue weighted by atomic mass is 32.1. The minimum absolute atomic E-state index is 0.175. The summed E-state index contributed by atoms with van der Waals surface area (Å²) in [6.07, 6.45) is 0. The van der Waals surface area contributed by atoms with Gasteiger partial charge in [-0.3, -0.25) is 20.5 Å². The number of rotatable bonds is 6. The molecule has 1 aromatic heterocycles. The van der Waals surface area contributed by atoms with Gasteiger partial charge in [0.2, 0.25) is 0 Å². The molecule has 1 aliphatic heterocycles. The molecular formula is C18H21N3O2S. The maximum Gasteiger partial charge on any atom is 0.269 e. The van der Waals surface area contributed by atoms with E-state index in [9.17, 15) is 4.79 Å². The maximum atomic E-state index is 12.2. The van der Waals surface area contributed by atoms with Crippen LogP contribution >= 0.6 is 11.3 Å². The molecule has 0 radical (unpaired) electrons. The van der Waals surface area contributed by atoms with Crippen LogP contribution in [0.3, 0.4) is 0 Å². The van der Waals surface area contributed by atoms with Crippen molar-refractivity contribution in [2.75, 3.05) is 26.3 Å². The summed E-state index contributed by atoms with van der Waals surface area (Å²) in [7, 11) is 0. The molecule has 0 saturated carbocycles. The fourth-order valence-electron chi connectivity index (χ4n) is 2.50. The van der Waals surface area contributed by atoms with Crippen molar-refractivity contribution in [1.29, 1.82) is 0 Å². The van der Waals surface area contributed by atoms with E-state index in [2.05, 4.69) is 22.3 Å². The molecule has 2 heterocycles. The van der Waals surface area contributed by atoms with Gasteiger partial charge in [-0.25, -0.2) is 0 Å². The number of nitrogens with zero attached hydrogens (tertiary/aromatic N) is 1. The summed E-state index contributed by atoms with van der Waals surface area (Å²) in [5.74, 6) is -0.175. The van der Waals surface area contributed by atoms with Crippen LogP contribution in [0.2, 0.25) is 0 Å². The number of morpholine rings is 1. The van der Waals surface area contributed by atoms with Gasteiger partial charge in [0.15, 0.2) is 0 Å². The highest BCUT2D eigenvalue weighted by Gasteiger charge is 2.11. The van der Waals surface area contributed by atoms with E-state index >= 15 is 0 Å². The molecule has 1 aromatic carbocycles. The van der Waals surface area contributed by atoms with Gasteiger partial charge in [-0.15, -0.1) is 11.3 Å². The molecule has 126 valence electrons. The van der Waals surface area contributed by atoms with Crippen molar-refractivity contribution in [2.24, 2.45) is 0 Å². The number of thiophene rings is 1. The van der Waals surface area contributed by atoms with Crippen LogP contribution in [0.1, 0.15) is 20.8 Å². The van der Waals surface area contributed by atoms with Gasteiger partial charge >= 0.3 is 0 Å². The Morgan fingerprint density at radius 2 is 1.92 bits per heavy atom. The van der Waals surface area contributed by atoms with Crippen LogP contribution in [0.25, 0.3) is 5.70 Å². The summed E-state index contributed by atoms with van der Waals surface area (Å²) in [6.45, 7) is 8.29. The number of hydrogen-bond acceptors (Lipinski definition) is 5. The number of carbonyl (C=O) groups excluding carboxylic acids is 1. The summed E-state index contributed by atoms with van der Waals surface area (Å²) in [5.41, 5.74) is 8.04. The van der Waals surface area contributed by atoms with Crippen LogP contribution in [-0.4, -0.2) is 37.1 Å². The minimum Gasteiger partial charge on any atom is -0.379 e. The molecule has 0 aliphatic carbocycles. The van der Waals surface area contributed by atoms with Gasteiger partial charge in [0.25, 0.3) is 5.91 Å². The van der Waals surface area contributed by atoms with Gasteiger partial charge in [-0.1, -0.05) is 24.8 Å². The Bertz CT molecular complexity index is 677. The molecule has 1 amide bonds. The predicted molar refractivity (Wildman–Crippen MR) is 96.5 cm³/mol. The highest BCUT2D eigenvalue weighted by Crippen LogP contribution is 2.15. The SMILES string of the molecule is C=C(NNC(=O)c1ccc(CN2CCOCC2)cc1)c1cccs1. The summed E-state index contributed by atoms with van der Waals surface area (Å²) in [5, 5.41) is 1.97. The van der Waals surface area contributed by atoms with E-state index in [1.165, 1.54) is 5.56 Å². The molecule has 0 spiro atoms. The molecule has 1 fully saturated rings. The van der Waals surface area contributed by atoms with Crippen LogP contribution in [0.5, 0.6) is 0 Å². The zero-order valence-electron chi connectivity index (χ0n) is 13.5. The second-order valence-corrected chi connectivity index (χ2v) is 6.57. The molecule has 2 aromatic rings. The van der Waals surface area contributed by atoms with E-state index in [0.717, 1.165) is 37.7 Å². The first kappa shape index (κ1) is 16.7. The van der Waals surface area contributed by atoms with Crippen LogP contribution in [0.15, 0.2) is 48.4 Å².